The number of piperidine rings is 1. The first-order chi connectivity index (χ1) is 7.43. The van der Waals surface area contributed by atoms with Crippen LogP contribution in [0.4, 0.5) is 0 Å². The van der Waals surface area contributed by atoms with Gasteiger partial charge in [0.1, 0.15) is 11.2 Å². The number of aromatic nitrogens is 2. The number of hydrogen-bond acceptors (Lipinski definition) is 4. The van der Waals surface area contributed by atoms with E-state index in [1.807, 2.05) is 17.5 Å². The zero-order valence-corrected chi connectivity index (χ0v) is 9.26. The summed E-state index contributed by atoms with van der Waals surface area (Å²) in [6, 6.07) is 2.25. The van der Waals surface area contributed by atoms with Gasteiger partial charge in [0.25, 0.3) is 0 Å². The van der Waals surface area contributed by atoms with E-state index in [4.69, 9.17) is 0 Å². The summed E-state index contributed by atoms with van der Waals surface area (Å²) in [6.45, 7) is 2.28. The summed E-state index contributed by atoms with van der Waals surface area (Å²) in [5.74, 6) is 0.679. The molecule has 1 N–H and O–H groups in total. The molecule has 78 valence electrons. The molecule has 4 heteroatoms. The number of nitrogens with zero attached hydrogens (tertiary/aromatic N) is 2. The van der Waals surface area contributed by atoms with E-state index >= 15 is 0 Å². The molecule has 0 aliphatic carbocycles. The third-order valence-corrected chi connectivity index (χ3v) is 4.14. The Hall–Kier alpha value is -1.00. The van der Waals surface area contributed by atoms with Crippen LogP contribution in [0.1, 0.15) is 23.6 Å². The maximum Gasteiger partial charge on any atom is 0.126 e. The zero-order chi connectivity index (χ0) is 10.1. The number of thiophene rings is 1. The molecule has 0 saturated carbocycles. The van der Waals surface area contributed by atoms with Crippen LogP contribution in [-0.4, -0.2) is 23.1 Å². The number of hydrogen-bond donors (Lipinski definition) is 1. The van der Waals surface area contributed by atoms with Gasteiger partial charge in [0.05, 0.1) is 0 Å². The fourth-order valence-corrected chi connectivity index (χ4v) is 3.21. The highest BCUT2D eigenvalue weighted by Gasteiger charge is 2.17. The van der Waals surface area contributed by atoms with Crippen molar-refractivity contribution in [1.29, 1.82) is 0 Å². The molecule has 2 aromatic rings. The van der Waals surface area contributed by atoms with Gasteiger partial charge in [-0.25, -0.2) is 9.97 Å². The molecule has 0 amide bonds. The summed E-state index contributed by atoms with van der Waals surface area (Å²) in [4.78, 5) is 10.9. The number of rotatable bonds is 1. The summed E-state index contributed by atoms with van der Waals surface area (Å²) < 4.78 is 0. The molecule has 3 rings (SSSR count). The Morgan fingerprint density at radius 1 is 1.47 bits per heavy atom. The summed E-state index contributed by atoms with van der Waals surface area (Å²) in [6.07, 6.45) is 6.11. The van der Waals surface area contributed by atoms with Gasteiger partial charge in [-0.3, -0.25) is 0 Å². The SMILES string of the molecule is c1ncc2cc(C3CCCNC3)sc2n1. The summed E-state index contributed by atoms with van der Waals surface area (Å²) >= 11 is 1.81. The second kappa shape index (κ2) is 3.87. The van der Waals surface area contributed by atoms with E-state index in [0.717, 1.165) is 11.4 Å². The molecule has 0 aromatic carbocycles. The molecule has 1 atom stereocenters. The van der Waals surface area contributed by atoms with Crippen LogP contribution in [0.5, 0.6) is 0 Å². The lowest BCUT2D eigenvalue weighted by molar-refractivity contribution is 0.466. The molecule has 1 aliphatic rings. The lowest BCUT2D eigenvalue weighted by Gasteiger charge is -2.21. The molecule has 15 heavy (non-hydrogen) atoms. The van der Waals surface area contributed by atoms with Gasteiger partial charge >= 0.3 is 0 Å². The highest BCUT2D eigenvalue weighted by Crippen LogP contribution is 2.32. The Kier molecular flexibility index (Phi) is 2.38. The second-order valence-electron chi connectivity index (χ2n) is 3.98. The second-order valence-corrected chi connectivity index (χ2v) is 5.04. The van der Waals surface area contributed by atoms with Crippen LogP contribution < -0.4 is 5.32 Å². The van der Waals surface area contributed by atoms with Crippen molar-refractivity contribution in [3.8, 4) is 0 Å². The molecule has 0 bridgehead atoms. The van der Waals surface area contributed by atoms with Crippen LogP contribution in [0, 0.1) is 0 Å². The molecule has 1 saturated heterocycles. The summed E-state index contributed by atoms with van der Waals surface area (Å²) in [5, 5.41) is 4.63. The van der Waals surface area contributed by atoms with E-state index in [-0.39, 0.29) is 0 Å². The molecular weight excluding hydrogens is 206 g/mol. The Morgan fingerprint density at radius 2 is 2.47 bits per heavy atom. The number of nitrogens with one attached hydrogen (secondary N) is 1. The van der Waals surface area contributed by atoms with Crippen LogP contribution in [0.25, 0.3) is 10.2 Å². The van der Waals surface area contributed by atoms with E-state index < -0.39 is 0 Å². The molecule has 1 unspecified atom stereocenters. The van der Waals surface area contributed by atoms with Gasteiger partial charge in [0, 0.05) is 28.9 Å². The third kappa shape index (κ3) is 1.75. The summed E-state index contributed by atoms with van der Waals surface area (Å²) in [7, 11) is 0. The smallest absolute Gasteiger partial charge is 0.126 e. The van der Waals surface area contributed by atoms with E-state index in [1.54, 1.807) is 6.33 Å². The van der Waals surface area contributed by atoms with Crippen LogP contribution >= 0.6 is 11.3 Å². The van der Waals surface area contributed by atoms with Crippen molar-refractivity contribution < 1.29 is 0 Å². The minimum absolute atomic E-state index is 0.679. The number of fused-ring (bicyclic) bond motifs is 1. The predicted molar refractivity (Wildman–Crippen MR) is 62.3 cm³/mol. The van der Waals surface area contributed by atoms with Gasteiger partial charge in [-0.1, -0.05) is 0 Å². The van der Waals surface area contributed by atoms with Gasteiger partial charge in [0.15, 0.2) is 0 Å². The van der Waals surface area contributed by atoms with Crippen molar-refractivity contribution in [3.63, 3.8) is 0 Å². The lowest BCUT2D eigenvalue weighted by atomic mass is 9.98. The Bertz CT molecular complexity index is 427. The molecule has 0 radical (unpaired) electrons. The first-order valence-electron chi connectivity index (χ1n) is 5.33. The molecule has 3 nitrogen and oxygen atoms in total. The molecule has 2 aromatic heterocycles. The van der Waals surface area contributed by atoms with Crippen molar-refractivity contribution in [2.45, 2.75) is 18.8 Å². The Labute approximate surface area is 92.6 Å². The van der Waals surface area contributed by atoms with Gasteiger partial charge < -0.3 is 5.32 Å². The van der Waals surface area contributed by atoms with Crippen molar-refractivity contribution in [2.24, 2.45) is 0 Å². The largest absolute Gasteiger partial charge is 0.316 e. The fourth-order valence-electron chi connectivity index (χ4n) is 2.10. The zero-order valence-electron chi connectivity index (χ0n) is 8.44. The Morgan fingerprint density at radius 3 is 3.27 bits per heavy atom. The van der Waals surface area contributed by atoms with Crippen LogP contribution in [0.3, 0.4) is 0 Å². The van der Waals surface area contributed by atoms with Crippen LogP contribution in [0.15, 0.2) is 18.6 Å². The predicted octanol–water partition coefficient (Wildman–Crippen LogP) is 2.16. The molecule has 0 spiro atoms. The highest BCUT2D eigenvalue weighted by molar-refractivity contribution is 7.18. The van der Waals surface area contributed by atoms with Crippen molar-refractivity contribution in [3.05, 3.63) is 23.5 Å². The van der Waals surface area contributed by atoms with E-state index in [9.17, 15) is 0 Å². The third-order valence-electron chi connectivity index (χ3n) is 2.91. The average Bonchev–Trinajstić information content (AvgIpc) is 2.74. The quantitative estimate of drug-likeness (QED) is 0.798. The van der Waals surface area contributed by atoms with Crippen molar-refractivity contribution in [2.75, 3.05) is 13.1 Å². The maximum absolute atomic E-state index is 4.28. The van der Waals surface area contributed by atoms with Gasteiger partial charge in [-0.2, -0.15) is 0 Å². The van der Waals surface area contributed by atoms with Gasteiger partial charge in [0.2, 0.25) is 0 Å². The minimum atomic E-state index is 0.679. The van der Waals surface area contributed by atoms with Crippen LogP contribution in [0.2, 0.25) is 0 Å². The first-order valence-corrected chi connectivity index (χ1v) is 6.15. The summed E-state index contributed by atoms with van der Waals surface area (Å²) in [5.41, 5.74) is 0. The highest BCUT2D eigenvalue weighted by atomic mass is 32.1. The molecule has 1 fully saturated rings. The van der Waals surface area contributed by atoms with Crippen LogP contribution in [-0.2, 0) is 0 Å². The van der Waals surface area contributed by atoms with Gasteiger partial charge in [-0.15, -0.1) is 11.3 Å². The standard InChI is InChI=1S/C11H13N3S/c1-2-8(5-12-3-1)10-4-9-6-13-7-14-11(9)15-10/h4,6-8,12H,1-3,5H2. The van der Waals surface area contributed by atoms with Gasteiger partial charge in [-0.05, 0) is 25.5 Å². The first kappa shape index (κ1) is 9.24. The minimum Gasteiger partial charge on any atom is -0.316 e. The lowest BCUT2D eigenvalue weighted by Crippen LogP contribution is -2.27. The van der Waals surface area contributed by atoms with E-state index in [0.29, 0.717) is 5.92 Å². The average molecular weight is 219 g/mol. The fraction of sp³-hybridized carbons (Fsp3) is 0.455. The normalized spacial score (nSPS) is 22.0. The topological polar surface area (TPSA) is 37.8 Å². The van der Waals surface area contributed by atoms with Crippen molar-refractivity contribution in [1.82, 2.24) is 15.3 Å². The van der Waals surface area contributed by atoms with E-state index in [2.05, 4.69) is 21.4 Å². The maximum atomic E-state index is 4.28. The molecule has 3 heterocycles. The monoisotopic (exact) mass is 219 g/mol. The van der Waals surface area contributed by atoms with Crippen molar-refractivity contribution >= 4 is 21.6 Å². The molecule has 1 aliphatic heterocycles. The Balaban J connectivity index is 1.96. The molecular formula is C11H13N3S. The van der Waals surface area contributed by atoms with E-state index in [1.165, 1.54) is 29.6 Å².